The van der Waals surface area contributed by atoms with Gasteiger partial charge in [-0.2, -0.15) is 0 Å². The Balaban J connectivity index is 1.12. The Labute approximate surface area is 356 Å². The zero-order chi connectivity index (χ0) is 40.3. The highest BCUT2D eigenvalue weighted by Gasteiger charge is 2.49. The summed E-state index contributed by atoms with van der Waals surface area (Å²) < 4.78 is 0. The Kier molecular flexibility index (Phi) is 8.11. The van der Waals surface area contributed by atoms with E-state index in [1.165, 1.54) is 55.6 Å². The normalized spacial score (nSPS) is 12.7. The number of nitrogens with zero attached hydrogens (tertiary/aromatic N) is 2. The molecule has 9 aromatic carbocycles. The van der Waals surface area contributed by atoms with Gasteiger partial charge in [-0.15, -0.1) is 0 Å². The highest BCUT2D eigenvalue weighted by atomic mass is 14.9. The van der Waals surface area contributed by atoms with Crippen LogP contribution in [0.4, 0.5) is 0 Å². The molecule has 0 radical (unpaired) electrons. The van der Waals surface area contributed by atoms with Crippen LogP contribution in [-0.4, -0.2) is 9.97 Å². The van der Waals surface area contributed by atoms with Gasteiger partial charge in [-0.1, -0.05) is 200 Å². The smallest absolute Gasteiger partial charge is 0.160 e. The van der Waals surface area contributed by atoms with E-state index in [-0.39, 0.29) is 0 Å². The van der Waals surface area contributed by atoms with Gasteiger partial charge >= 0.3 is 0 Å². The van der Waals surface area contributed by atoms with Gasteiger partial charge in [-0.25, -0.2) is 9.97 Å². The molecule has 0 amide bonds. The highest BCUT2D eigenvalue weighted by Crippen LogP contribution is 2.61. The Morgan fingerprint density at radius 2 is 0.607 bits per heavy atom. The molecule has 2 nitrogen and oxygen atoms in total. The van der Waals surface area contributed by atoms with Crippen molar-refractivity contribution in [2.75, 3.05) is 0 Å². The largest absolute Gasteiger partial charge is 0.228 e. The lowest BCUT2D eigenvalue weighted by Gasteiger charge is -2.35. The fourth-order valence-corrected chi connectivity index (χ4v) is 10.0. The van der Waals surface area contributed by atoms with Gasteiger partial charge in [0.05, 0.1) is 16.8 Å². The van der Waals surface area contributed by atoms with E-state index in [0.29, 0.717) is 5.82 Å². The zero-order valence-electron chi connectivity index (χ0n) is 33.3. The van der Waals surface area contributed by atoms with Crippen molar-refractivity contribution in [3.8, 4) is 89.5 Å². The lowest BCUT2D eigenvalue weighted by molar-refractivity contribution is 0.775. The van der Waals surface area contributed by atoms with Crippen molar-refractivity contribution in [1.29, 1.82) is 0 Å². The van der Waals surface area contributed by atoms with E-state index >= 15 is 0 Å². The first-order valence-corrected chi connectivity index (χ1v) is 21.0. The van der Waals surface area contributed by atoms with Gasteiger partial charge < -0.3 is 0 Å². The molecule has 0 saturated carbocycles. The molecule has 10 aromatic rings. The average Bonchev–Trinajstić information content (AvgIpc) is 3.59. The number of hydrogen-bond donors (Lipinski definition) is 0. The number of hydrogen-bond acceptors (Lipinski definition) is 2. The zero-order valence-corrected chi connectivity index (χ0v) is 33.3. The number of fused-ring (bicyclic) bond motifs is 12. The molecule has 61 heavy (non-hydrogen) atoms. The van der Waals surface area contributed by atoms with Crippen molar-refractivity contribution in [2.24, 2.45) is 0 Å². The first-order valence-electron chi connectivity index (χ1n) is 21.0. The molecule has 2 heteroatoms. The molecule has 2 aliphatic rings. The first-order chi connectivity index (χ1) is 30.2. The van der Waals surface area contributed by atoms with Crippen LogP contribution in [0, 0.1) is 0 Å². The van der Waals surface area contributed by atoms with Crippen LogP contribution in [0.1, 0.15) is 22.3 Å². The van der Waals surface area contributed by atoms with E-state index in [1.807, 2.05) is 0 Å². The van der Waals surface area contributed by atoms with Crippen molar-refractivity contribution in [3.63, 3.8) is 0 Å². The van der Waals surface area contributed by atoms with Gasteiger partial charge in [-0.05, 0) is 108 Å². The van der Waals surface area contributed by atoms with Gasteiger partial charge in [0.15, 0.2) is 5.82 Å². The van der Waals surface area contributed by atoms with Gasteiger partial charge in [-0.3, -0.25) is 0 Å². The van der Waals surface area contributed by atoms with E-state index in [0.717, 1.165) is 50.3 Å². The number of aromatic nitrogens is 2. The maximum Gasteiger partial charge on any atom is 0.160 e. The molecule has 12 rings (SSSR count). The summed E-state index contributed by atoms with van der Waals surface area (Å²) in [7, 11) is 0. The number of benzene rings is 9. The highest BCUT2D eigenvalue weighted by molar-refractivity contribution is 5.98. The third kappa shape index (κ3) is 5.57. The molecule has 0 N–H and O–H groups in total. The summed E-state index contributed by atoms with van der Waals surface area (Å²) in [5.41, 5.74) is 21.5. The van der Waals surface area contributed by atoms with Gasteiger partial charge in [0.25, 0.3) is 0 Å². The molecule has 284 valence electrons. The van der Waals surface area contributed by atoms with Crippen LogP contribution in [0.5, 0.6) is 0 Å². The molecular formula is C59H38N2. The van der Waals surface area contributed by atoms with E-state index < -0.39 is 5.41 Å². The minimum absolute atomic E-state index is 0.533. The summed E-state index contributed by atoms with van der Waals surface area (Å²) in [6.45, 7) is 0. The molecule has 0 fully saturated rings. The van der Waals surface area contributed by atoms with E-state index in [4.69, 9.17) is 9.97 Å². The Bertz CT molecular complexity index is 3190. The van der Waals surface area contributed by atoms with Crippen LogP contribution >= 0.6 is 0 Å². The summed E-state index contributed by atoms with van der Waals surface area (Å²) >= 11 is 0. The predicted molar refractivity (Wildman–Crippen MR) is 251 cm³/mol. The fourth-order valence-electron chi connectivity index (χ4n) is 10.0. The summed E-state index contributed by atoms with van der Waals surface area (Å²) in [4.78, 5) is 10.8. The molecule has 1 aromatic heterocycles. The summed E-state index contributed by atoms with van der Waals surface area (Å²) in [5, 5.41) is 0. The average molecular weight is 775 g/mol. The molecule has 1 spiro atoms. The fraction of sp³-hybridized carbons (Fsp3) is 0.0169. The lowest BCUT2D eigenvalue weighted by atomic mass is 9.66. The van der Waals surface area contributed by atoms with Gasteiger partial charge in [0.2, 0.25) is 0 Å². The maximum atomic E-state index is 5.49. The van der Waals surface area contributed by atoms with Gasteiger partial charge in [0, 0.05) is 16.7 Å². The second-order valence-electron chi connectivity index (χ2n) is 16.1. The van der Waals surface area contributed by atoms with Crippen LogP contribution in [0.25, 0.3) is 89.5 Å². The third-order valence-electron chi connectivity index (χ3n) is 12.7. The third-order valence-corrected chi connectivity index (χ3v) is 12.7. The molecule has 1 heterocycles. The summed E-state index contributed by atoms with van der Waals surface area (Å²) in [6.07, 6.45) is 0. The molecule has 0 atom stereocenters. The predicted octanol–water partition coefficient (Wildman–Crippen LogP) is 14.8. The van der Waals surface area contributed by atoms with Crippen LogP contribution < -0.4 is 0 Å². The molecule has 0 bridgehead atoms. The topological polar surface area (TPSA) is 25.8 Å². The van der Waals surface area contributed by atoms with Crippen molar-refractivity contribution in [3.05, 3.63) is 253 Å². The quantitative estimate of drug-likeness (QED) is 0.174. The second-order valence-corrected chi connectivity index (χ2v) is 16.1. The van der Waals surface area contributed by atoms with Crippen molar-refractivity contribution < 1.29 is 0 Å². The van der Waals surface area contributed by atoms with Crippen molar-refractivity contribution >= 4 is 0 Å². The summed E-state index contributed by atoms with van der Waals surface area (Å²) in [5.74, 6) is 0.684. The minimum Gasteiger partial charge on any atom is -0.228 e. The van der Waals surface area contributed by atoms with E-state index in [9.17, 15) is 0 Å². The molecule has 0 aliphatic heterocycles. The monoisotopic (exact) mass is 774 g/mol. The molecule has 0 unspecified atom stereocenters. The van der Waals surface area contributed by atoms with Crippen LogP contribution in [0.3, 0.4) is 0 Å². The van der Waals surface area contributed by atoms with Crippen LogP contribution in [0.15, 0.2) is 231 Å². The van der Waals surface area contributed by atoms with Crippen molar-refractivity contribution in [1.82, 2.24) is 9.97 Å². The van der Waals surface area contributed by atoms with Crippen LogP contribution in [-0.2, 0) is 5.41 Å². The standard InChI is InChI=1S/C59H38N2/c1-4-18-39(19-5-1)43-34-44(40-20-6-2-7-21-40)36-45(35-43)58-60-56(41-22-8-3-9-23-41)38-57(61-58)42-32-33-55-51(37-42)47-25-11-10-24-46(47)48-26-12-15-29-52(48)59(55)53-30-16-13-27-49(53)50-28-14-17-31-54(50)59/h1-38H. The molecule has 2 aliphatic carbocycles. The lowest BCUT2D eigenvalue weighted by Crippen LogP contribution is -2.29. The van der Waals surface area contributed by atoms with Crippen molar-refractivity contribution in [2.45, 2.75) is 5.41 Å². The van der Waals surface area contributed by atoms with E-state index in [2.05, 4.69) is 231 Å². The SMILES string of the molecule is c1ccc(-c2cc(-c3ccccc3)cc(-c3nc(-c4ccccc4)cc(-c4ccc5c(c4)-c4ccccc4-c4ccccc4C54c5ccccc5-c5ccccc54)n3)c2)cc1. The maximum absolute atomic E-state index is 5.49. The second kappa shape index (κ2) is 14.1. The van der Waals surface area contributed by atoms with Gasteiger partial charge in [0.1, 0.15) is 0 Å². The van der Waals surface area contributed by atoms with Crippen LogP contribution in [0.2, 0.25) is 0 Å². The summed E-state index contributed by atoms with van der Waals surface area (Å²) in [6, 6.07) is 83.6. The number of rotatable bonds is 5. The Hall–Kier alpha value is -7.94. The van der Waals surface area contributed by atoms with E-state index in [1.54, 1.807) is 0 Å². The Morgan fingerprint density at radius 1 is 0.230 bits per heavy atom. The minimum atomic E-state index is -0.533. The molecular weight excluding hydrogens is 737 g/mol. The Morgan fingerprint density at radius 3 is 1.13 bits per heavy atom. The first kappa shape index (κ1) is 35.0. The molecule has 0 saturated heterocycles.